The van der Waals surface area contributed by atoms with Crippen molar-refractivity contribution in [3.8, 4) is 0 Å². The summed E-state index contributed by atoms with van der Waals surface area (Å²) in [4.78, 5) is 22.9. The van der Waals surface area contributed by atoms with Crippen molar-refractivity contribution in [3.63, 3.8) is 0 Å². The molecule has 5 heteroatoms. The van der Waals surface area contributed by atoms with E-state index >= 15 is 0 Å². The molecule has 0 saturated carbocycles. The summed E-state index contributed by atoms with van der Waals surface area (Å²) in [6.07, 6.45) is 6.25. The first-order valence-corrected chi connectivity index (χ1v) is 8.56. The average Bonchev–Trinajstić information content (AvgIpc) is 3.17. The quantitative estimate of drug-likeness (QED) is 0.930. The first-order chi connectivity index (χ1) is 11.7. The van der Waals surface area contributed by atoms with Crippen molar-refractivity contribution in [2.45, 2.75) is 44.8 Å². The van der Waals surface area contributed by atoms with Crippen LogP contribution in [0.5, 0.6) is 0 Å². The van der Waals surface area contributed by atoms with Gasteiger partial charge in [-0.25, -0.2) is 9.97 Å². The van der Waals surface area contributed by atoms with Crippen LogP contribution in [0.25, 0.3) is 0 Å². The summed E-state index contributed by atoms with van der Waals surface area (Å²) in [6.45, 7) is 3.38. The fourth-order valence-electron chi connectivity index (χ4n) is 3.75. The van der Waals surface area contributed by atoms with Gasteiger partial charge in [0, 0.05) is 49.6 Å². The van der Waals surface area contributed by atoms with E-state index in [1.807, 2.05) is 19.3 Å². The molecule has 1 aliphatic carbocycles. The minimum absolute atomic E-state index is 0.211. The fraction of sp³-hybridized carbons (Fsp3) is 0.421. The second kappa shape index (κ2) is 6.32. The lowest BCUT2D eigenvalue weighted by molar-refractivity contribution is -0.129. The number of amides is 1. The fourth-order valence-corrected chi connectivity index (χ4v) is 3.75. The van der Waals surface area contributed by atoms with E-state index in [4.69, 9.17) is 0 Å². The molecule has 0 spiro atoms. The highest BCUT2D eigenvalue weighted by Gasteiger charge is 2.36. The monoisotopic (exact) mass is 322 g/mol. The summed E-state index contributed by atoms with van der Waals surface area (Å²) in [7, 11) is 0. The van der Waals surface area contributed by atoms with Crippen molar-refractivity contribution < 1.29 is 4.79 Å². The first kappa shape index (κ1) is 15.3. The molecule has 0 bridgehead atoms. The van der Waals surface area contributed by atoms with E-state index in [0.29, 0.717) is 19.0 Å². The molecule has 24 heavy (non-hydrogen) atoms. The molecule has 124 valence electrons. The Labute approximate surface area is 142 Å². The molecule has 0 radical (unpaired) electrons. The van der Waals surface area contributed by atoms with E-state index in [2.05, 4.69) is 44.5 Å². The topological polar surface area (TPSA) is 58.1 Å². The van der Waals surface area contributed by atoms with E-state index in [1.165, 1.54) is 11.1 Å². The number of nitrogens with one attached hydrogen (secondary N) is 1. The molecule has 2 aromatic rings. The molecule has 1 aliphatic heterocycles. The third kappa shape index (κ3) is 3.04. The van der Waals surface area contributed by atoms with Crippen LogP contribution in [0.2, 0.25) is 0 Å². The number of benzene rings is 1. The second-order valence-corrected chi connectivity index (χ2v) is 6.80. The zero-order valence-electron chi connectivity index (χ0n) is 13.9. The van der Waals surface area contributed by atoms with Gasteiger partial charge in [0.05, 0.1) is 0 Å². The van der Waals surface area contributed by atoms with Crippen molar-refractivity contribution in [1.82, 2.24) is 20.2 Å². The summed E-state index contributed by atoms with van der Waals surface area (Å²) < 4.78 is 0. The predicted molar refractivity (Wildman–Crippen MR) is 91.4 cm³/mol. The molecule has 2 aliphatic rings. The minimum Gasteiger partial charge on any atom is -0.337 e. The van der Waals surface area contributed by atoms with Crippen molar-refractivity contribution >= 4 is 5.91 Å². The van der Waals surface area contributed by atoms with E-state index in [1.54, 1.807) is 0 Å². The van der Waals surface area contributed by atoms with Gasteiger partial charge in [0.2, 0.25) is 5.91 Å². The summed E-state index contributed by atoms with van der Waals surface area (Å²) in [5, 5.41) is 3.48. The molecular formula is C19H22N4O. The Bertz CT molecular complexity index is 718. The molecule has 1 saturated heterocycles. The SMILES string of the molecule is Cc1ncc(CN[C@H]2CC(=O)N(C3Cc4ccccc4C3)C2)cn1. The molecule has 0 unspecified atom stereocenters. The van der Waals surface area contributed by atoms with Gasteiger partial charge in [0.25, 0.3) is 0 Å². The Hall–Kier alpha value is -2.27. The van der Waals surface area contributed by atoms with Crippen LogP contribution in [0.4, 0.5) is 0 Å². The maximum absolute atomic E-state index is 12.4. The maximum Gasteiger partial charge on any atom is 0.224 e. The summed E-state index contributed by atoms with van der Waals surface area (Å²) >= 11 is 0. The number of likely N-dealkylation sites (tertiary alicyclic amines) is 1. The third-order valence-electron chi connectivity index (χ3n) is 5.06. The molecule has 2 heterocycles. The van der Waals surface area contributed by atoms with Crippen LogP contribution in [0.1, 0.15) is 28.9 Å². The Kier molecular flexibility index (Phi) is 4.02. The number of aromatic nitrogens is 2. The Morgan fingerprint density at radius 2 is 1.79 bits per heavy atom. The molecule has 1 aromatic heterocycles. The van der Waals surface area contributed by atoms with Gasteiger partial charge in [0.1, 0.15) is 5.82 Å². The highest BCUT2D eigenvalue weighted by atomic mass is 16.2. The highest BCUT2D eigenvalue weighted by Crippen LogP contribution is 2.28. The van der Waals surface area contributed by atoms with Gasteiger partial charge in [-0.1, -0.05) is 24.3 Å². The number of carbonyl (C=O) groups is 1. The number of hydrogen-bond acceptors (Lipinski definition) is 4. The maximum atomic E-state index is 12.4. The third-order valence-corrected chi connectivity index (χ3v) is 5.06. The van der Waals surface area contributed by atoms with E-state index in [9.17, 15) is 4.79 Å². The molecule has 1 atom stereocenters. The van der Waals surface area contributed by atoms with Gasteiger partial charge in [-0.3, -0.25) is 4.79 Å². The predicted octanol–water partition coefficient (Wildman–Crippen LogP) is 1.64. The average molecular weight is 322 g/mol. The molecule has 4 rings (SSSR count). The molecule has 1 fully saturated rings. The van der Waals surface area contributed by atoms with Crippen molar-refractivity contribution in [1.29, 1.82) is 0 Å². The summed E-state index contributed by atoms with van der Waals surface area (Å²) in [5.74, 6) is 1.05. The van der Waals surface area contributed by atoms with E-state index < -0.39 is 0 Å². The largest absolute Gasteiger partial charge is 0.337 e. The summed E-state index contributed by atoms with van der Waals surface area (Å²) in [5.41, 5.74) is 3.84. The zero-order valence-corrected chi connectivity index (χ0v) is 13.9. The van der Waals surface area contributed by atoms with Crippen LogP contribution >= 0.6 is 0 Å². The standard InChI is InChI=1S/C19H22N4O/c1-13-20-9-14(10-21-13)11-22-17-8-19(24)23(12-17)18-6-15-4-2-3-5-16(15)7-18/h2-5,9-10,17-18,22H,6-8,11-12H2,1H3/t17-/m0/s1. The van der Waals surface area contributed by atoms with Crippen molar-refractivity contribution in [2.24, 2.45) is 0 Å². The number of aryl methyl sites for hydroxylation is 1. The van der Waals surface area contributed by atoms with Crippen LogP contribution in [0.3, 0.4) is 0 Å². The van der Waals surface area contributed by atoms with E-state index in [0.717, 1.165) is 30.8 Å². The minimum atomic E-state index is 0.211. The summed E-state index contributed by atoms with van der Waals surface area (Å²) in [6, 6.07) is 9.07. The Morgan fingerprint density at radius 1 is 1.12 bits per heavy atom. The van der Waals surface area contributed by atoms with Gasteiger partial charge < -0.3 is 10.2 Å². The van der Waals surface area contributed by atoms with Crippen molar-refractivity contribution in [2.75, 3.05) is 6.54 Å². The Morgan fingerprint density at radius 3 is 2.46 bits per heavy atom. The Balaban J connectivity index is 1.35. The van der Waals surface area contributed by atoms with Gasteiger partial charge >= 0.3 is 0 Å². The van der Waals surface area contributed by atoms with Crippen LogP contribution < -0.4 is 5.32 Å². The number of fused-ring (bicyclic) bond motifs is 1. The lowest BCUT2D eigenvalue weighted by Gasteiger charge is -2.24. The van der Waals surface area contributed by atoms with Gasteiger partial charge in [-0.05, 0) is 30.9 Å². The molecule has 1 amide bonds. The van der Waals surface area contributed by atoms with E-state index in [-0.39, 0.29) is 11.9 Å². The second-order valence-electron chi connectivity index (χ2n) is 6.80. The van der Waals surface area contributed by atoms with Crippen LogP contribution in [-0.2, 0) is 24.2 Å². The van der Waals surface area contributed by atoms with Gasteiger partial charge in [0.15, 0.2) is 0 Å². The lowest BCUT2D eigenvalue weighted by atomic mass is 10.1. The van der Waals surface area contributed by atoms with Crippen LogP contribution in [0.15, 0.2) is 36.7 Å². The van der Waals surface area contributed by atoms with Crippen LogP contribution in [-0.4, -0.2) is 39.4 Å². The molecule has 1 N–H and O–H groups in total. The van der Waals surface area contributed by atoms with Crippen LogP contribution in [0, 0.1) is 6.92 Å². The smallest absolute Gasteiger partial charge is 0.224 e. The van der Waals surface area contributed by atoms with Gasteiger partial charge in [-0.2, -0.15) is 0 Å². The number of rotatable bonds is 4. The molecular weight excluding hydrogens is 300 g/mol. The number of carbonyl (C=O) groups excluding carboxylic acids is 1. The zero-order chi connectivity index (χ0) is 16.5. The lowest BCUT2D eigenvalue weighted by Crippen LogP contribution is -2.39. The molecule has 5 nitrogen and oxygen atoms in total. The van der Waals surface area contributed by atoms with Gasteiger partial charge in [-0.15, -0.1) is 0 Å². The number of nitrogens with zero attached hydrogens (tertiary/aromatic N) is 3. The highest BCUT2D eigenvalue weighted by molar-refractivity contribution is 5.79. The van der Waals surface area contributed by atoms with Crippen molar-refractivity contribution in [3.05, 3.63) is 59.2 Å². The first-order valence-electron chi connectivity index (χ1n) is 8.56. The normalized spacial score (nSPS) is 20.6. The molecule has 1 aromatic carbocycles. The number of hydrogen-bond donors (Lipinski definition) is 1.